The van der Waals surface area contributed by atoms with Crippen molar-refractivity contribution < 1.29 is 9.59 Å². The van der Waals surface area contributed by atoms with Gasteiger partial charge in [-0.1, -0.05) is 6.07 Å². The summed E-state index contributed by atoms with van der Waals surface area (Å²) in [5.74, 6) is -0.430. The molecule has 2 aromatic rings. The molecule has 7 nitrogen and oxygen atoms in total. The van der Waals surface area contributed by atoms with E-state index >= 15 is 0 Å². The predicted molar refractivity (Wildman–Crippen MR) is 101 cm³/mol. The fourth-order valence-electron chi connectivity index (χ4n) is 3.07. The Morgan fingerprint density at radius 2 is 2.15 bits per heavy atom. The number of rotatable bonds is 5. The SMILES string of the molecule is CCNC(=O)c1ccc(C)c(NC(=O)c2ccn(C3CCCNC3)n2)c1. The Kier molecular flexibility index (Phi) is 5.68. The maximum absolute atomic E-state index is 12.6. The van der Waals surface area contributed by atoms with Crippen LogP contribution in [0.15, 0.2) is 30.5 Å². The molecule has 1 saturated heterocycles. The van der Waals surface area contributed by atoms with Gasteiger partial charge in [-0.15, -0.1) is 0 Å². The van der Waals surface area contributed by atoms with Crippen LogP contribution in [0.1, 0.15) is 52.2 Å². The molecule has 0 saturated carbocycles. The maximum atomic E-state index is 12.6. The van der Waals surface area contributed by atoms with Crippen LogP contribution in [0, 0.1) is 6.92 Å². The van der Waals surface area contributed by atoms with E-state index < -0.39 is 0 Å². The molecule has 1 aromatic carbocycles. The van der Waals surface area contributed by atoms with Crippen molar-refractivity contribution in [3.8, 4) is 0 Å². The molecule has 0 radical (unpaired) electrons. The average Bonchev–Trinajstić information content (AvgIpc) is 3.15. The molecule has 1 unspecified atom stereocenters. The highest BCUT2D eigenvalue weighted by Gasteiger charge is 2.18. The number of carbonyl (C=O) groups is 2. The zero-order valence-corrected chi connectivity index (χ0v) is 15.2. The lowest BCUT2D eigenvalue weighted by atomic mass is 10.1. The number of aryl methyl sites for hydroxylation is 1. The third kappa shape index (κ3) is 4.11. The van der Waals surface area contributed by atoms with Crippen molar-refractivity contribution in [2.45, 2.75) is 32.7 Å². The Hall–Kier alpha value is -2.67. The minimum absolute atomic E-state index is 0.155. The Balaban J connectivity index is 1.72. The van der Waals surface area contributed by atoms with E-state index in [-0.39, 0.29) is 17.9 Å². The van der Waals surface area contributed by atoms with Gasteiger partial charge in [-0.05, 0) is 57.0 Å². The van der Waals surface area contributed by atoms with Crippen molar-refractivity contribution in [1.82, 2.24) is 20.4 Å². The molecule has 1 aliphatic rings. The average molecular weight is 355 g/mol. The second-order valence-electron chi connectivity index (χ2n) is 6.52. The minimum atomic E-state index is -0.274. The first-order valence-electron chi connectivity index (χ1n) is 9.04. The highest BCUT2D eigenvalue weighted by molar-refractivity contribution is 6.04. The van der Waals surface area contributed by atoms with Crippen LogP contribution < -0.4 is 16.0 Å². The number of nitrogens with one attached hydrogen (secondary N) is 3. The van der Waals surface area contributed by atoms with Crippen LogP contribution in [0.4, 0.5) is 5.69 Å². The van der Waals surface area contributed by atoms with Gasteiger partial charge in [-0.25, -0.2) is 0 Å². The molecular formula is C19H25N5O2. The third-order valence-electron chi connectivity index (χ3n) is 4.57. The molecule has 2 amide bonds. The van der Waals surface area contributed by atoms with E-state index in [1.165, 1.54) is 0 Å². The Morgan fingerprint density at radius 1 is 1.31 bits per heavy atom. The van der Waals surface area contributed by atoms with Crippen LogP contribution in [0.3, 0.4) is 0 Å². The molecule has 0 bridgehead atoms. The molecule has 1 aromatic heterocycles. The van der Waals surface area contributed by atoms with Gasteiger partial charge < -0.3 is 16.0 Å². The molecular weight excluding hydrogens is 330 g/mol. The molecule has 3 N–H and O–H groups in total. The molecule has 7 heteroatoms. The van der Waals surface area contributed by atoms with E-state index in [1.807, 2.05) is 30.8 Å². The standard InChI is InChI=1S/C19H25N5O2/c1-3-21-18(25)14-7-6-13(2)17(11-14)22-19(26)16-8-10-24(23-16)15-5-4-9-20-12-15/h6-8,10-11,15,20H,3-5,9,12H2,1-2H3,(H,21,25)(H,22,26). The van der Waals surface area contributed by atoms with E-state index in [0.717, 1.165) is 31.5 Å². The second kappa shape index (κ2) is 8.14. The maximum Gasteiger partial charge on any atom is 0.276 e. The predicted octanol–water partition coefficient (Wildman–Crippen LogP) is 2.12. The number of anilines is 1. The number of amides is 2. The van der Waals surface area contributed by atoms with Gasteiger partial charge in [-0.3, -0.25) is 14.3 Å². The van der Waals surface area contributed by atoms with Gasteiger partial charge in [-0.2, -0.15) is 5.10 Å². The summed E-state index contributed by atoms with van der Waals surface area (Å²) in [7, 11) is 0. The van der Waals surface area contributed by atoms with Gasteiger partial charge in [0.05, 0.1) is 6.04 Å². The van der Waals surface area contributed by atoms with E-state index in [4.69, 9.17) is 0 Å². The van der Waals surface area contributed by atoms with Gasteiger partial charge in [0.1, 0.15) is 0 Å². The first kappa shape index (κ1) is 18.1. The first-order valence-corrected chi connectivity index (χ1v) is 9.04. The van der Waals surface area contributed by atoms with E-state index in [2.05, 4.69) is 21.0 Å². The third-order valence-corrected chi connectivity index (χ3v) is 4.57. The number of benzene rings is 1. The number of hydrogen-bond acceptors (Lipinski definition) is 4. The minimum Gasteiger partial charge on any atom is -0.352 e. The smallest absolute Gasteiger partial charge is 0.276 e. The Bertz CT molecular complexity index is 793. The van der Waals surface area contributed by atoms with Crippen LogP contribution >= 0.6 is 0 Å². The van der Waals surface area contributed by atoms with E-state index in [0.29, 0.717) is 23.5 Å². The van der Waals surface area contributed by atoms with Crippen LogP contribution in [0.2, 0.25) is 0 Å². The summed E-state index contributed by atoms with van der Waals surface area (Å²) in [6.07, 6.45) is 4.02. The molecule has 2 heterocycles. The largest absolute Gasteiger partial charge is 0.352 e. The number of nitrogens with zero attached hydrogens (tertiary/aromatic N) is 2. The highest BCUT2D eigenvalue weighted by Crippen LogP contribution is 2.19. The normalized spacial score (nSPS) is 16.9. The topological polar surface area (TPSA) is 88.0 Å². The van der Waals surface area contributed by atoms with Gasteiger partial charge in [0.2, 0.25) is 0 Å². The van der Waals surface area contributed by atoms with Crippen LogP contribution in [-0.4, -0.2) is 41.2 Å². The Labute approximate surface area is 153 Å². The zero-order valence-electron chi connectivity index (χ0n) is 15.2. The lowest BCUT2D eigenvalue weighted by Gasteiger charge is -2.22. The quantitative estimate of drug-likeness (QED) is 0.767. The van der Waals surface area contributed by atoms with Gasteiger partial charge in [0.25, 0.3) is 11.8 Å². The molecule has 26 heavy (non-hydrogen) atoms. The van der Waals surface area contributed by atoms with Crippen molar-refractivity contribution >= 4 is 17.5 Å². The summed E-state index contributed by atoms with van der Waals surface area (Å²) >= 11 is 0. The summed E-state index contributed by atoms with van der Waals surface area (Å²) in [4.78, 5) is 24.6. The van der Waals surface area contributed by atoms with Crippen molar-refractivity contribution in [1.29, 1.82) is 0 Å². The van der Waals surface area contributed by atoms with Gasteiger partial charge >= 0.3 is 0 Å². The second-order valence-corrected chi connectivity index (χ2v) is 6.52. The lowest BCUT2D eigenvalue weighted by Crippen LogP contribution is -2.32. The monoisotopic (exact) mass is 355 g/mol. The summed E-state index contributed by atoms with van der Waals surface area (Å²) in [5, 5.41) is 13.4. The van der Waals surface area contributed by atoms with Crippen molar-refractivity contribution in [3.05, 3.63) is 47.3 Å². The fraction of sp³-hybridized carbons (Fsp3) is 0.421. The number of aromatic nitrogens is 2. The van der Waals surface area contributed by atoms with Crippen molar-refractivity contribution in [2.75, 3.05) is 25.0 Å². The number of piperidine rings is 1. The van der Waals surface area contributed by atoms with E-state index in [1.54, 1.807) is 18.2 Å². The number of hydrogen-bond donors (Lipinski definition) is 3. The molecule has 0 aliphatic carbocycles. The van der Waals surface area contributed by atoms with Crippen LogP contribution in [-0.2, 0) is 0 Å². The molecule has 1 fully saturated rings. The van der Waals surface area contributed by atoms with Crippen molar-refractivity contribution in [3.63, 3.8) is 0 Å². The van der Waals surface area contributed by atoms with E-state index in [9.17, 15) is 9.59 Å². The van der Waals surface area contributed by atoms with Crippen LogP contribution in [0.25, 0.3) is 0 Å². The highest BCUT2D eigenvalue weighted by atomic mass is 16.2. The summed E-state index contributed by atoms with van der Waals surface area (Å²) in [6, 6.07) is 7.29. The fourth-order valence-corrected chi connectivity index (χ4v) is 3.07. The summed E-state index contributed by atoms with van der Waals surface area (Å²) in [6.45, 7) is 6.22. The molecule has 3 rings (SSSR count). The zero-order chi connectivity index (χ0) is 18.5. The molecule has 138 valence electrons. The van der Waals surface area contributed by atoms with Crippen LogP contribution in [0.5, 0.6) is 0 Å². The molecule has 1 aliphatic heterocycles. The summed E-state index contributed by atoms with van der Waals surface area (Å²) < 4.78 is 1.86. The summed E-state index contributed by atoms with van der Waals surface area (Å²) in [5.41, 5.74) is 2.40. The van der Waals surface area contributed by atoms with Gasteiger partial charge in [0, 0.05) is 30.5 Å². The molecule has 1 atom stereocenters. The van der Waals surface area contributed by atoms with Crippen molar-refractivity contribution in [2.24, 2.45) is 0 Å². The first-order chi connectivity index (χ1) is 12.6. The van der Waals surface area contributed by atoms with Gasteiger partial charge in [0.15, 0.2) is 5.69 Å². The number of carbonyl (C=O) groups excluding carboxylic acids is 2. The molecule has 0 spiro atoms. The Morgan fingerprint density at radius 3 is 2.88 bits per heavy atom. The lowest BCUT2D eigenvalue weighted by molar-refractivity contribution is 0.0954.